The zero-order valence-corrected chi connectivity index (χ0v) is 25.2. The lowest BCUT2D eigenvalue weighted by Crippen LogP contribution is -2.60. The van der Waals surface area contributed by atoms with E-state index in [2.05, 4.69) is 16.0 Å². The number of aryl methyl sites for hydroxylation is 1. The molecule has 11 heteroatoms. The third-order valence-corrected chi connectivity index (χ3v) is 8.06. The molecule has 0 spiro atoms. The Hall–Kier alpha value is -4.09. The van der Waals surface area contributed by atoms with E-state index in [0.717, 1.165) is 22.3 Å². The highest BCUT2D eigenvalue weighted by atomic mass is 16.5. The smallest absolute Gasteiger partial charge is 0.245 e. The maximum atomic E-state index is 13.7. The lowest BCUT2D eigenvalue weighted by atomic mass is 9.94. The fourth-order valence-electron chi connectivity index (χ4n) is 5.42. The van der Waals surface area contributed by atoms with Crippen molar-refractivity contribution in [2.75, 3.05) is 13.6 Å². The summed E-state index contributed by atoms with van der Waals surface area (Å²) in [5.74, 6) is -1.67. The summed E-state index contributed by atoms with van der Waals surface area (Å²) in [6.07, 6.45) is 3.98. The standard InChI is InChI=1S/C32H43N5O6/c1-22-11-7-8-14-26(22)19-37(20-29(40)35-27(21-38)15-5-4-6-16-28(39)36-43)30(41)23(2)34-31(42)32(33-3)17-24-12-9-10-13-25(24)18-32/h7-14,21,23,27,33,43H,4-6,15-20H2,1-3H3,(H,34,42)(H,35,40)(H,36,39). The van der Waals surface area contributed by atoms with E-state index < -0.39 is 35.3 Å². The molecule has 0 radical (unpaired) electrons. The molecule has 0 aromatic heterocycles. The number of carbonyl (C=O) groups excluding carboxylic acids is 5. The molecule has 11 nitrogen and oxygen atoms in total. The van der Waals surface area contributed by atoms with Gasteiger partial charge in [-0.3, -0.25) is 24.4 Å². The number of nitrogens with one attached hydrogen (secondary N) is 4. The van der Waals surface area contributed by atoms with E-state index in [1.165, 1.54) is 4.90 Å². The summed E-state index contributed by atoms with van der Waals surface area (Å²) in [7, 11) is 1.74. The first kappa shape index (κ1) is 33.4. The van der Waals surface area contributed by atoms with Crippen LogP contribution < -0.4 is 21.4 Å². The molecule has 2 aromatic carbocycles. The number of nitrogens with zero attached hydrogens (tertiary/aromatic N) is 1. The molecule has 3 rings (SSSR count). The monoisotopic (exact) mass is 593 g/mol. The molecule has 0 aliphatic heterocycles. The van der Waals surface area contributed by atoms with Crippen molar-refractivity contribution in [2.45, 2.75) is 83.0 Å². The zero-order chi connectivity index (χ0) is 31.4. The van der Waals surface area contributed by atoms with Crippen LogP contribution >= 0.6 is 0 Å². The Morgan fingerprint density at radius 3 is 2.21 bits per heavy atom. The van der Waals surface area contributed by atoms with Gasteiger partial charge < -0.3 is 25.6 Å². The Kier molecular flexibility index (Phi) is 12.4. The number of rotatable bonds is 16. The Balaban J connectivity index is 1.65. The van der Waals surface area contributed by atoms with E-state index in [4.69, 9.17) is 5.21 Å². The fraction of sp³-hybridized carbons (Fsp3) is 0.469. The summed E-state index contributed by atoms with van der Waals surface area (Å²) in [6, 6.07) is 13.8. The molecule has 2 aromatic rings. The average molecular weight is 594 g/mol. The van der Waals surface area contributed by atoms with Crippen molar-refractivity contribution in [3.05, 3.63) is 70.8 Å². The number of aldehydes is 1. The van der Waals surface area contributed by atoms with E-state index in [1.54, 1.807) is 19.5 Å². The van der Waals surface area contributed by atoms with Gasteiger partial charge >= 0.3 is 0 Å². The first-order chi connectivity index (χ1) is 20.6. The van der Waals surface area contributed by atoms with Crippen molar-refractivity contribution in [1.82, 2.24) is 26.3 Å². The molecule has 0 saturated carbocycles. The Morgan fingerprint density at radius 1 is 0.953 bits per heavy atom. The van der Waals surface area contributed by atoms with Gasteiger partial charge in [-0.2, -0.15) is 0 Å². The number of carbonyl (C=O) groups is 5. The van der Waals surface area contributed by atoms with E-state index >= 15 is 0 Å². The molecular weight excluding hydrogens is 550 g/mol. The van der Waals surface area contributed by atoms with Crippen molar-refractivity contribution >= 4 is 29.9 Å². The van der Waals surface area contributed by atoms with Crippen LogP contribution in [0.2, 0.25) is 0 Å². The number of unbranched alkanes of at least 4 members (excludes halogenated alkanes) is 2. The SMILES string of the molecule is CNC1(C(=O)NC(C)C(=O)N(CC(=O)NC(C=O)CCCCCC(=O)NO)Cc2ccccc2C)Cc2ccccc2C1. The molecule has 0 bridgehead atoms. The van der Waals surface area contributed by atoms with Gasteiger partial charge in [0.15, 0.2) is 0 Å². The van der Waals surface area contributed by atoms with Crippen molar-refractivity contribution < 1.29 is 29.2 Å². The van der Waals surface area contributed by atoms with Gasteiger partial charge in [0.25, 0.3) is 0 Å². The number of benzene rings is 2. The second-order valence-electron chi connectivity index (χ2n) is 11.2. The van der Waals surface area contributed by atoms with Crippen LogP contribution in [-0.4, -0.2) is 71.2 Å². The molecule has 1 aliphatic rings. The summed E-state index contributed by atoms with van der Waals surface area (Å²) in [5, 5.41) is 17.3. The summed E-state index contributed by atoms with van der Waals surface area (Å²) in [4.78, 5) is 64.5. The van der Waals surface area contributed by atoms with Crippen LogP contribution in [0.3, 0.4) is 0 Å². The second-order valence-corrected chi connectivity index (χ2v) is 11.2. The van der Waals surface area contributed by atoms with Gasteiger partial charge in [-0.05, 0) is 56.0 Å². The summed E-state index contributed by atoms with van der Waals surface area (Å²) < 4.78 is 0. The largest absolute Gasteiger partial charge is 0.345 e. The predicted molar refractivity (Wildman–Crippen MR) is 161 cm³/mol. The number of amides is 4. The first-order valence-corrected chi connectivity index (χ1v) is 14.7. The first-order valence-electron chi connectivity index (χ1n) is 14.7. The topological polar surface area (TPSA) is 157 Å². The highest BCUT2D eigenvalue weighted by molar-refractivity contribution is 5.94. The minimum Gasteiger partial charge on any atom is -0.345 e. The molecule has 2 unspecified atom stereocenters. The van der Waals surface area contributed by atoms with Gasteiger partial charge in [0.2, 0.25) is 23.6 Å². The van der Waals surface area contributed by atoms with E-state index in [9.17, 15) is 24.0 Å². The van der Waals surface area contributed by atoms with Crippen LogP contribution in [0, 0.1) is 6.92 Å². The number of hydrogen-bond acceptors (Lipinski definition) is 7. The molecule has 232 valence electrons. The van der Waals surface area contributed by atoms with Crippen LogP contribution in [0.5, 0.6) is 0 Å². The number of hydroxylamine groups is 1. The minimum atomic E-state index is -0.906. The fourth-order valence-corrected chi connectivity index (χ4v) is 5.42. The molecule has 43 heavy (non-hydrogen) atoms. The van der Waals surface area contributed by atoms with Gasteiger partial charge in [-0.1, -0.05) is 61.4 Å². The highest BCUT2D eigenvalue weighted by Crippen LogP contribution is 2.30. The van der Waals surface area contributed by atoms with Gasteiger partial charge in [-0.25, -0.2) is 5.48 Å². The second kappa shape index (κ2) is 15.9. The van der Waals surface area contributed by atoms with Crippen LogP contribution in [0.15, 0.2) is 48.5 Å². The molecular formula is C32H43N5O6. The van der Waals surface area contributed by atoms with Crippen molar-refractivity contribution in [2.24, 2.45) is 0 Å². The third-order valence-electron chi connectivity index (χ3n) is 8.06. The van der Waals surface area contributed by atoms with E-state index in [1.807, 2.05) is 55.5 Å². The molecule has 0 heterocycles. The lowest BCUT2D eigenvalue weighted by Gasteiger charge is -2.31. The highest BCUT2D eigenvalue weighted by Gasteiger charge is 2.43. The van der Waals surface area contributed by atoms with Gasteiger partial charge in [0.05, 0.1) is 12.6 Å². The molecule has 1 aliphatic carbocycles. The van der Waals surface area contributed by atoms with Crippen LogP contribution in [-0.2, 0) is 43.4 Å². The average Bonchev–Trinajstić information content (AvgIpc) is 3.41. The van der Waals surface area contributed by atoms with Crippen LogP contribution in [0.25, 0.3) is 0 Å². The van der Waals surface area contributed by atoms with Gasteiger partial charge in [0.1, 0.15) is 17.9 Å². The molecule has 0 saturated heterocycles. The number of hydrogen-bond donors (Lipinski definition) is 5. The maximum Gasteiger partial charge on any atom is 0.245 e. The third kappa shape index (κ3) is 9.20. The minimum absolute atomic E-state index is 0.153. The maximum absolute atomic E-state index is 13.7. The normalized spacial score (nSPS) is 14.6. The number of likely N-dealkylation sites (N-methyl/N-ethyl adjacent to an activating group) is 1. The van der Waals surface area contributed by atoms with Crippen molar-refractivity contribution in [3.63, 3.8) is 0 Å². The van der Waals surface area contributed by atoms with E-state index in [-0.39, 0.29) is 25.4 Å². The summed E-state index contributed by atoms with van der Waals surface area (Å²) in [5.41, 5.74) is 4.69. The Morgan fingerprint density at radius 2 is 1.60 bits per heavy atom. The van der Waals surface area contributed by atoms with Crippen LogP contribution in [0.4, 0.5) is 0 Å². The summed E-state index contributed by atoms with van der Waals surface area (Å²) >= 11 is 0. The van der Waals surface area contributed by atoms with Crippen molar-refractivity contribution in [3.8, 4) is 0 Å². The van der Waals surface area contributed by atoms with Gasteiger partial charge in [0, 0.05) is 25.8 Å². The molecule has 5 N–H and O–H groups in total. The molecule has 4 amide bonds. The molecule has 0 fully saturated rings. The van der Waals surface area contributed by atoms with Crippen LogP contribution in [0.1, 0.15) is 61.3 Å². The van der Waals surface area contributed by atoms with E-state index in [0.29, 0.717) is 44.8 Å². The predicted octanol–water partition coefficient (Wildman–Crippen LogP) is 1.72. The zero-order valence-electron chi connectivity index (χ0n) is 25.2. The Labute approximate surface area is 252 Å². The Bertz CT molecular complexity index is 1270. The number of fused-ring (bicyclic) bond motifs is 1. The van der Waals surface area contributed by atoms with Crippen molar-refractivity contribution in [1.29, 1.82) is 0 Å². The summed E-state index contributed by atoms with van der Waals surface area (Å²) in [6.45, 7) is 3.39. The molecule has 2 atom stereocenters. The lowest BCUT2D eigenvalue weighted by molar-refractivity contribution is -0.140. The quantitative estimate of drug-likeness (QED) is 0.0859. The van der Waals surface area contributed by atoms with Gasteiger partial charge in [-0.15, -0.1) is 0 Å².